The first-order chi connectivity index (χ1) is 15.4. The van der Waals surface area contributed by atoms with E-state index in [2.05, 4.69) is 21.2 Å². The lowest BCUT2D eigenvalue weighted by molar-refractivity contribution is 0.0524. The summed E-state index contributed by atoms with van der Waals surface area (Å²) in [5, 5.41) is 2.96. The number of benzene rings is 2. The SMILES string of the molecule is CCOC(=O)c1cn(C2CC2)c2c(C)c(Br)cc(NC(=O)OCc3ccccc3)c2c1=O. The predicted octanol–water partition coefficient (Wildman–Crippen LogP) is 5.33. The van der Waals surface area contributed by atoms with E-state index in [1.54, 1.807) is 19.2 Å². The van der Waals surface area contributed by atoms with E-state index >= 15 is 0 Å². The van der Waals surface area contributed by atoms with Crippen LogP contribution in [0.1, 0.15) is 47.3 Å². The first-order valence-corrected chi connectivity index (χ1v) is 11.2. The van der Waals surface area contributed by atoms with E-state index < -0.39 is 17.5 Å². The molecule has 1 saturated carbocycles. The topological polar surface area (TPSA) is 86.6 Å². The quantitative estimate of drug-likeness (QED) is 0.464. The third kappa shape index (κ3) is 4.41. The van der Waals surface area contributed by atoms with Crippen LogP contribution in [0.3, 0.4) is 0 Å². The van der Waals surface area contributed by atoms with Gasteiger partial charge in [-0.3, -0.25) is 10.1 Å². The van der Waals surface area contributed by atoms with Crippen LogP contribution in [0.25, 0.3) is 10.9 Å². The van der Waals surface area contributed by atoms with Crippen molar-refractivity contribution in [3.63, 3.8) is 0 Å². The van der Waals surface area contributed by atoms with Gasteiger partial charge in [0.05, 0.1) is 23.2 Å². The Morgan fingerprint density at radius 2 is 1.91 bits per heavy atom. The van der Waals surface area contributed by atoms with Crippen molar-refractivity contribution in [2.45, 2.75) is 39.3 Å². The third-order valence-electron chi connectivity index (χ3n) is 5.37. The molecule has 0 radical (unpaired) electrons. The van der Waals surface area contributed by atoms with E-state index in [4.69, 9.17) is 9.47 Å². The summed E-state index contributed by atoms with van der Waals surface area (Å²) < 4.78 is 13.1. The van der Waals surface area contributed by atoms with Crippen molar-refractivity contribution in [1.82, 2.24) is 4.57 Å². The van der Waals surface area contributed by atoms with E-state index in [0.717, 1.165) is 28.4 Å². The second-order valence-corrected chi connectivity index (χ2v) is 8.53. The number of fused-ring (bicyclic) bond motifs is 1. The summed E-state index contributed by atoms with van der Waals surface area (Å²) in [6.45, 7) is 3.84. The highest BCUT2D eigenvalue weighted by molar-refractivity contribution is 9.10. The number of carbonyl (C=O) groups is 2. The zero-order valence-corrected chi connectivity index (χ0v) is 19.4. The highest BCUT2D eigenvalue weighted by atomic mass is 79.9. The maximum absolute atomic E-state index is 13.4. The lowest BCUT2D eigenvalue weighted by Crippen LogP contribution is -2.23. The summed E-state index contributed by atoms with van der Waals surface area (Å²) in [6, 6.07) is 11.2. The molecular formula is C24H23BrN2O5. The smallest absolute Gasteiger partial charge is 0.411 e. The molecule has 7 nitrogen and oxygen atoms in total. The zero-order chi connectivity index (χ0) is 22.8. The second-order valence-electron chi connectivity index (χ2n) is 7.67. The number of hydrogen-bond donors (Lipinski definition) is 1. The maximum Gasteiger partial charge on any atom is 0.411 e. The Hall–Kier alpha value is -3.13. The Kier molecular flexibility index (Phi) is 6.32. The summed E-state index contributed by atoms with van der Waals surface area (Å²) in [6.07, 6.45) is 2.80. The molecule has 0 spiro atoms. The summed E-state index contributed by atoms with van der Waals surface area (Å²) in [4.78, 5) is 38.4. The number of amides is 1. The van der Waals surface area contributed by atoms with Crippen molar-refractivity contribution in [3.05, 3.63) is 74.0 Å². The minimum Gasteiger partial charge on any atom is -0.462 e. The molecule has 0 aliphatic heterocycles. The molecule has 2 aromatic carbocycles. The summed E-state index contributed by atoms with van der Waals surface area (Å²) in [7, 11) is 0. The number of carbonyl (C=O) groups excluding carboxylic acids is 2. The summed E-state index contributed by atoms with van der Waals surface area (Å²) in [5.74, 6) is -0.674. The molecule has 8 heteroatoms. The number of ether oxygens (including phenoxy) is 2. The van der Waals surface area contributed by atoms with E-state index in [9.17, 15) is 14.4 Å². The van der Waals surface area contributed by atoms with Gasteiger partial charge in [-0.05, 0) is 43.9 Å². The molecule has 1 aliphatic carbocycles. The number of esters is 1. The van der Waals surface area contributed by atoms with Gasteiger partial charge in [0.25, 0.3) is 0 Å². The van der Waals surface area contributed by atoms with E-state index in [1.165, 1.54) is 0 Å². The highest BCUT2D eigenvalue weighted by Gasteiger charge is 2.29. The second kappa shape index (κ2) is 9.16. The van der Waals surface area contributed by atoms with E-state index in [-0.39, 0.29) is 35.9 Å². The van der Waals surface area contributed by atoms with Gasteiger partial charge < -0.3 is 14.0 Å². The van der Waals surface area contributed by atoms with Gasteiger partial charge in [0, 0.05) is 16.7 Å². The summed E-state index contributed by atoms with van der Waals surface area (Å²) in [5.41, 5.74) is 2.12. The molecule has 1 aromatic heterocycles. The molecular weight excluding hydrogens is 476 g/mol. The van der Waals surface area contributed by atoms with Crippen molar-refractivity contribution < 1.29 is 19.1 Å². The Bertz CT molecular complexity index is 1250. The number of aryl methyl sites for hydroxylation is 1. The average Bonchev–Trinajstić information content (AvgIpc) is 3.62. The van der Waals surface area contributed by atoms with Gasteiger partial charge >= 0.3 is 12.1 Å². The Labute approximate surface area is 193 Å². The van der Waals surface area contributed by atoms with Crippen LogP contribution >= 0.6 is 15.9 Å². The number of aromatic nitrogens is 1. The Morgan fingerprint density at radius 1 is 1.19 bits per heavy atom. The molecule has 0 unspecified atom stereocenters. The first kappa shape index (κ1) is 22.1. The van der Waals surface area contributed by atoms with Crippen LogP contribution in [-0.4, -0.2) is 23.2 Å². The monoisotopic (exact) mass is 498 g/mol. The van der Waals surface area contributed by atoms with Gasteiger partial charge in [0.1, 0.15) is 12.2 Å². The molecule has 1 aliphatic rings. The number of nitrogens with zero attached hydrogens (tertiary/aromatic N) is 1. The van der Waals surface area contributed by atoms with Crippen molar-refractivity contribution in [2.75, 3.05) is 11.9 Å². The van der Waals surface area contributed by atoms with Gasteiger partial charge in [-0.2, -0.15) is 0 Å². The zero-order valence-electron chi connectivity index (χ0n) is 17.8. The molecule has 1 amide bonds. The predicted molar refractivity (Wildman–Crippen MR) is 125 cm³/mol. The average molecular weight is 499 g/mol. The van der Waals surface area contributed by atoms with Crippen molar-refractivity contribution >= 4 is 44.6 Å². The van der Waals surface area contributed by atoms with Crippen LogP contribution in [0, 0.1) is 6.92 Å². The minimum atomic E-state index is -0.690. The lowest BCUT2D eigenvalue weighted by atomic mass is 10.0. The molecule has 1 fully saturated rings. The lowest BCUT2D eigenvalue weighted by Gasteiger charge is -2.18. The number of halogens is 1. The molecule has 0 atom stereocenters. The minimum absolute atomic E-state index is 0.0475. The van der Waals surface area contributed by atoms with Gasteiger partial charge in [0.2, 0.25) is 5.43 Å². The number of hydrogen-bond acceptors (Lipinski definition) is 5. The fourth-order valence-electron chi connectivity index (χ4n) is 3.65. The molecule has 166 valence electrons. The van der Waals surface area contributed by atoms with Gasteiger partial charge in [-0.15, -0.1) is 0 Å². The Morgan fingerprint density at radius 3 is 2.56 bits per heavy atom. The molecule has 1 N–H and O–H groups in total. The number of anilines is 1. The van der Waals surface area contributed by atoms with Crippen LogP contribution in [0.15, 0.2) is 51.9 Å². The molecule has 1 heterocycles. The number of nitrogens with one attached hydrogen (secondary N) is 1. The van der Waals surface area contributed by atoms with E-state index in [0.29, 0.717) is 5.52 Å². The van der Waals surface area contributed by atoms with E-state index in [1.807, 2.05) is 41.8 Å². The molecule has 0 bridgehead atoms. The van der Waals surface area contributed by atoms with Gasteiger partial charge in [0.15, 0.2) is 0 Å². The molecule has 4 rings (SSSR count). The van der Waals surface area contributed by atoms with Crippen LogP contribution in [0.4, 0.5) is 10.5 Å². The molecule has 0 saturated heterocycles. The van der Waals surface area contributed by atoms with Crippen LogP contribution < -0.4 is 10.7 Å². The maximum atomic E-state index is 13.4. The van der Waals surface area contributed by atoms with Crippen molar-refractivity contribution in [3.8, 4) is 0 Å². The summed E-state index contributed by atoms with van der Waals surface area (Å²) >= 11 is 3.53. The van der Waals surface area contributed by atoms with Crippen molar-refractivity contribution in [2.24, 2.45) is 0 Å². The highest BCUT2D eigenvalue weighted by Crippen LogP contribution is 2.40. The standard InChI is InChI=1S/C24H23BrN2O5/c1-3-31-23(29)17-12-27(16-9-10-16)21-14(2)18(25)11-19(20(21)22(17)28)26-24(30)32-13-15-7-5-4-6-8-15/h4-8,11-12,16H,3,9-10,13H2,1-2H3,(H,26,30). The fourth-order valence-corrected chi connectivity index (χ4v) is 4.06. The number of rotatable bonds is 6. The number of pyridine rings is 1. The van der Waals surface area contributed by atoms with Gasteiger partial charge in [-0.25, -0.2) is 9.59 Å². The Balaban J connectivity index is 1.78. The fraction of sp³-hybridized carbons (Fsp3) is 0.292. The normalized spacial score (nSPS) is 13.1. The molecule has 32 heavy (non-hydrogen) atoms. The third-order valence-corrected chi connectivity index (χ3v) is 6.20. The molecule has 3 aromatic rings. The van der Waals surface area contributed by atoms with Crippen LogP contribution in [0.2, 0.25) is 0 Å². The van der Waals surface area contributed by atoms with Crippen LogP contribution in [-0.2, 0) is 16.1 Å². The van der Waals surface area contributed by atoms with Crippen molar-refractivity contribution in [1.29, 1.82) is 0 Å². The van der Waals surface area contributed by atoms with Crippen LogP contribution in [0.5, 0.6) is 0 Å². The largest absolute Gasteiger partial charge is 0.462 e. The van der Waals surface area contributed by atoms with Gasteiger partial charge in [-0.1, -0.05) is 46.3 Å². The first-order valence-electron chi connectivity index (χ1n) is 10.4.